The zero-order valence-corrected chi connectivity index (χ0v) is 11.7. The summed E-state index contributed by atoms with van der Waals surface area (Å²) < 4.78 is 6.20. The molecule has 0 saturated carbocycles. The first-order valence-electron chi connectivity index (χ1n) is 6.33. The molecule has 1 aliphatic heterocycles. The molecule has 7 heteroatoms. The number of carbonyl (C=O) groups is 1. The topological polar surface area (TPSA) is 83.5 Å². The van der Waals surface area contributed by atoms with Crippen LogP contribution in [0.25, 0.3) is 10.2 Å². The summed E-state index contributed by atoms with van der Waals surface area (Å²) in [6, 6.07) is 5.30. The lowest BCUT2D eigenvalue weighted by atomic mass is 10.2. The molecular formula is C13H15N3O3S. The van der Waals surface area contributed by atoms with Crippen molar-refractivity contribution in [2.75, 3.05) is 19.0 Å². The number of thiazole rings is 1. The number of aliphatic hydroxyl groups is 1. The Bertz CT molecular complexity index is 643. The number of carbonyl (C=O) groups excluding carboxylic acids is 1. The van der Waals surface area contributed by atoms with Crippen LogP contribution in [0.1, 0.15) is 6.42 Å². The monoisotopic (exact) mass is 293 g/mol. The molecular weight excluding hydrogens is 278 g/mol. The number of methoxy groups -OCH3 is 1. The van der Waals surface area contributed by atoms with Crippen molar-refractivity contribution < 1.29 is 14.6 Å². The molecule has 1 fully saturated rings. The van der Waals surface area contributed by atoms with Gasteiger partial charge in [0.05, 0.1) is 24.0 Å². The second-order valence-corrected chi connectivity index (χ2v) is 5.70. The van der Waals surface area contributed by atoms with E-state index in [0.29, 0.717) is 23.8 Å². The average molecular weight is 293 g/mol. The van der Waals surface area contributed by atoms with Gasteiger partial charge in [0.2, 0.25) is 5.91 Å². The van der Waals surface area contributed by atoms with Gasteiger partial charge in [0, 0.05) is 6.54 Å². The van der Waals surface area contributed by atoms with Crippen molar-refractivity contribution in [2.24, 2.45) is 0 Å². The molecule has 1 aliphatic rings. The first-order chi connectivity index (χ1) is 9.67. The Morgan fingerprint density at radius 2 is 2.45 bits per heavy atom. The van der Waals surface area contributed by atoms with E-state index < -0.39 is 6.10 Å². The number of ether oxygens (including phenoxy) is 1. The van der Waals surface area contributed by atoms with E-state index in [2.05, 4.69) is 15.6 Å². The van der Waals surface area contributed by atoms with Gasteiger partial charge < -0.3 is 20.5 Å². The molecule has 1 aromatic heterocycles. The van der Waals surface area contributed by atoms with Crippen molar-refractivity contribution in [3.63, 3.8) is 0 Å². The lowest BCUT2D eigenvalue weighted by molar-refractivity contribution is -0.117. The Morgan fingerprint density at radius 3 is 3.15 bits per heavy atom. The maximum Gasteiger partial charge on any atom is 0.243 e. The third-order valence-electron chi connectivity index (χ3n) is 3.26. The van der Waals surface area contributed by atoms with Crippen LogP contribution in [0, 0.1) is 0 Å². The minimum atomic E-state index is -0.457. The fourth-order valence-electron chi connectivity index (χ4n) is 2.25. The van der Waals surface area contributed by atoms with Gasteiger partial charge in [-0.25, -0.2) is 4.98 Å². The van der Waals surface area contributed by atoms with E-state index in [1.165, 1.54) is 11.3 Å². The molecule has 1 saturated heterocycles. The first-order valence-corrected chi connectivity index (χ1v) is 7.15. The lowest BCUT2D eigenvalue weighted by Gasteiger charge is -2.08. The number of para-hydroxylation sites is 1. The third-order valence-corrected chi connectivity index (χ3v) is 4.19. The third kappa shape index (κ3) is 2.47. The first kappa shape index (κ1) is 13.3. The summed E-state index contributed by atoms with van der Waals surface area (Å²) in [7, 11) is 1.59. The number of hydrogen-bond donors (Lipinski definition) is 3. The maximum absolute atomic E-state index is 12.0. The Morgan fingerprint density at radius 1 is 1.60 bits per heavy atom. The fraction of sp³-hybridized carbons (Fsp3) is 0.385. The van der Waals surface area contributed by atoms with Gasteiger partial charge in [0.15, 0.2) is 5.13 Å². The van der Waals surface area contributed by atoms with E-state index in [0.717, 1.165) is 10.2 Å². The smallest absolute Gasteiger partial charge is 0.243 e. The largest absolute Gasteiger partial charge is 0.494 e. The van der Waals surface area contributed by atoms with Gasteiger partial charge in [-0.2, -0.15) is 0 Å². The number of amides is 1. The number of nitrogens with one attached hydrogen (secondary N) is 2. The normalized spacial score (nSPS) is 22.1. The van der Waals surface area contributed by atoms with E-state index >= 15 is 0 Å². The summed E-state index contributed by atoms with van der Waals surface area (Å²) >= 11 is 1.40. The summed E-state index contributed by atoms with van der Waals surface area (Å²) in [5.41, 5.74) is 0.745. The summed E-state index contributed by atoms with van der Waals surface area (Å²) in [6.07, 6.45) is -0.0266. The molecule has 0 bridgehead atoms. The van der Waals surface area contributed by atoms with E-state index in [1.807, 2.05) is 18.2 Å². The van der Waals surface area contributed by atoms with Crippen molar-refractivity contribution in [1.82, 2.24) is 10.3 Å². The predicted octanol–water partition coefficient (Wildman–Crippen LogP) is 0.966. The molecule has 6 nitrogen and oxygen atoms in total. The quantitative estimate of drug-likeness (QED) is 0.785. The molecule has 106 valence electrons. The molecule has 1 amide bonds. The number of aliphatic hydroxyl groups excluding tert-OH is 1. The van der Waals surface area contributed by atoms with Crippen LogP contribution in [0.4, 0.5) is 5.13 Å². The van der Waals surface area contributed by atoms with Crippen LogP contribution in [-0.4, -0.2) is 41.8 Å². The molecule has 1 aromatic carbocycles. The highest BCUT2D eigenvalue weighted by molar-refractivity contribution is 7.22. The standard InChI is InChI=1S/C13H15N3O3S/c1-19-9-3-2-4-10-11(9)15-13(20-10)16-12(18)8-5-7(17)6-14-8/h2-4,7-8,14,17H,5-6H2,1H3,(H,15,16,18)/t7-,8-/m0/s1. The van der Waals surface area contributed by atoms with Crippen LogP contribution < -0.4 is 15.4 Å². The van der Waals surface area contributed by atoms with Crippen molar-refractivity contribution >= 4 is 32.6 Å². The fourth-order valence-corrected chi connectivity index (χ4v) is 3.14. The van der Waals surface area contributed by atoms with Gasteiger partial charge in [-0.05, 0) is 18.6 Å². The molecule has 0 spiro atoms. The highest BCUT2D eigenvalue weighted by Crippen LogP contribution is 2.32. The van der Waals surface area contributed by atoms with Crippen LogP contribution in [0.3, 0.4) is 0 Å². The van der Waals surface area contributed by atoms with Crippen molar-refractivity contribution in [3.8, 4) is 5.75 Å². The summed E-state index contributed by atoms with van der Waals surface area (Å²) in [5, 5.41) is 15.7. The van der Waals surface area contributed by atoms with Crippen molar-refractivity contribution in [2.45, 2.75) is 18.6 Å². The van der Waals surface area contributed by atoms with Gasteiger partial charge in [0.25, 0.3) is 0 Å². The molecule has 2 aromatic rings. The van der Waals surface area contributed by atoms with Gasteiger partial charge in [-0.3, -0.25) is 4.79 Å². The van der Waals surface area contributed by atoms with Crippen LogP contribution >= 0.6 is 11.3 Å². The van der Waals surface area contributed by atoms with Crippen LogP contribution in [0.2, 0.25) is 0 Å². The number of fused-ring (bicyclic) bond motifs is 1. The Kier molecular flexibility index (Phi) is 3.56. The number of anilines is 1. The predicted molar refractivity (Wildman–Crippen MR) is 77.2 cm³/mol. The number of rotatable bonds is 3. The molecule has 3 rings (SSSR count). The minimum Gasteiger partial charge on any atom is -0.494 e. The minimum absolute atomic E-state index is 0.167. The zero-order chi connectivity index (χ0) is 14.1. The number of nitrogens with zero attached hydrogens (tertiary/aromatic N) is 1. The molecule has 0 radical (unpaired) electrons. The number of benzene rings is 1. The second-order valence-electron chi connectivity index (χ2n) is 4.67. The van der Waals surface area contributed by atoms with E-state index in [4.69, 9.17) is 4.74 Å². The number of hydrogen-bond acceptors (Lipinski definition) is 6. The van der Waals surface area contributed by atoms with E-state index in [-0.39, 0.29) is 11.9 Å². The average Bonchev–Trinajstić information content (AvgIpc) is 3.03. The Labute approximate surface area is 119 Å². The van der Waals surface area contributed by atoms with Gasteiger partial charge in [-0.15, -0.1) is 0 Å². The Hall–Kier alpha value is -1.70. The van der Waals surface area contributed by atoms with E-state index in [9.17, 15) is 9.90 Å². The Balaban J connectivity index is 1.79. The summed E-state index contributed by atoms with van der Waals surface area (Å²) in [5.74, 6) is 0.522. The maximum atomic E-state index is 12.0. The van der Waals surface area contributed by atoms with Gasteiger partial charge in [0.1, 0.15) is 11.3 Å². The summed E-state index contributed by atoms with van der Waals surface area (Å²) in [4.78, 5) is 16.4. The van der Waals surface area contributed by atoms with Gasteiger partial charge >= 0.3 is 0 Å². The van der Waals surface area contributed by atoms with Crippen molar-refractivity contribution in [3.05, 3.63) is 18.2 Å². The van der Waals surface area contributed by atoms with E-state index in [1.54, 1.807) is 7.11 Å². The molecule has 20 heavy (non-hydrogen) atoms. The van der Waals surface area contributed by atoms with Gasteiger partial charge in [-0.1, -0.05) is 17.4 Å². The molecule has 2 heterocycles. The zero-order valence-electron chi connectivity index (χ0n) is 10.9. The molecule has 2 atom stereocenters. The van der Waals surface area contributed by atoms with Crippen LogP contribution in [0.5, 0.6) is 5.75 Å². The molecule has 3 N–H and O–H groups in total. The van der Waals surface area contributed by atoms with Crippen LogP contribution in [0.15, 0.2) is 18.2 Å². The number of β-amino-alcohol motifs (C(OH)–C–C–N with tert-alkyl or cyclic N) is 1. The summed E-state index contributed by atoms with van der Waals surface area (Å²) in [6.45, 7) is 0.450. The molecule has 0 aliphatic carbocycles. The second kappa shape index (κ2) is 5.35. The SMILES string of the molecule is COc1cccc2sc(NC(=O)[C@@H]3C[C@H](O)CN3)nc12. The highest BCUT2D eigenvalue weighted by Gasteiger charge is 2.28. The van der Waals surface area contributed by atoms with Crippen molar-refractivity contribution in [1.29, 1.82) is 0 Å². The highest BCUT2D eigenvalue weighted by atomic mass is 32.1. The molecule has 0 unspecified atom stereocenters. The number of aromatic nitrogens is 1. The van der Waals surface area contributed by atoms with Crippen LogP contribution in [-0.2, 0) is 4.79 Å². The lowest BCUT2D eigenvalue weighted by Crippen LogP contribution is -2.35.